The number of anilines is 1. The monoisotopic (exact) mass is 318 g/mol. The van der Waals surface area contributed by atoms with Crippen molar-refractivity contribution in [3.05, 3.63) is 28.5 Å². The van der Waals surface area contributed by atoms with Crippen LogP contribution < -0.4 is 10.6 Å². The first-order valence-electron chi connectivity index (χ1n) is 5.19. The number of hydrogen-bond donors (Lipinski definition) is 3. The van der Waals surface area contributed by atoms with Crippen molar-refractivity contribution >= 4 is 33.4 Å². The lowest BCUT2D eigenvalue weighted by Gasteiger charge is -2.06. The van der Waals surface area contributed by atoms with Crippen LogP contribution in [0.4, 0.5) is 10.1 Å². The maximum absolute atomic E-state index is 12.9. The van der Waals surface area contributed by atoms with Crippen LogP contribution in [0, 0.1) is 5.82 Å². The minimum absolute atomic E-state index is 0.0627. The highest BCUT2D eigenvalue weighted by atomic mass is 79.9. The third-order valence-electron chi connectivity index (χ3n) is 2.00. The van der Waals surface area contributed by atoms with E-state index >= 15 is 0 Å². The van der Waals surface area contributed by atoms with Crippen molar-refractivity contribution in [1.29, 1.82) is 0 Å². The highest BCUT2D eigenvalue weighted by Crippen LogP contribution is 2.19. The lowest BCUT2D eigenvalue weighted by molar-refractivity contribution is -0.136. The molecule has 0 saturated heterocycles. The predicted molar refractivity (Wildman–Crippen MR) is 67.4 cm³/mol. The van der Waals surface area contributed by atoms with Crippen LogP contribution in [0.1, 0.15) is 6.42 Å². The molecule has 0 fully saturated rings. The average Bonchev–Trinajstić information content (AvgIpc) is 2.34. The lowest BCUT2D eigenvalue weighted by atomic mass is 10.3. The molecule has 2 amide bonds. The third kappa shape index (κ3) is 4.42. The van der Waals surface area contributed by atoms with Gasteiger partial charge in [0.2, 0.25) is 0 Å². The molecule has 3 N–H and O–H groups in total. The second-order valence-electron chi connectivity index (χ2n) is 3.42. The summed E-state index contributed by atoms with van der Waals surface area (Å²) in [6, 6.07) is 3.87. The van der Waals surface area contributed by atoms with Crippen molar-refractivity contribution in [2.45, 2.75) is 6.42 Å². The van der Waals surface area contributed by atoms with Gasteiger partial charge in [-0.25, -0.2) is 4.39 Å². The molecule has 0 aromatic heterocycles. The van der Waals surface area contributed by atoms with Gasteiger partial charge in [-0.05, 0) is 40.5 Å². The summed E-state index contributed by atoms with van der Waals surface area (Å²) in [4.78, 5) is 22.7. The molecule has 18 heavy (non-hydrogen) atoms. The average molecular weight is 319 g/mol. The van der Waals surface area contributed by atoms with Crippen molar-refractivity contribution < 1.29 is 19.1 Å². The van der Waals surface area contributed by atoms with Crippen LogP contribution in [-0.4, -0.2) is 30.1 Å². The molecule has 98 valence electrons. The largest absolute Gasteiger partial charge is 0.396 e. The second-order valence-corrected chi connectivity index (χ2v) is 4.27. The predicted octanol–water partition coefficient (Wildman–Crippen LogP) is 1.03. The first-order valence-corrected chi connectivity index (χ1v) is 5.99. The smallest absolute Gasteiger partial charge is 0.313 e. The van der Waals surface area contributed by atoms with Gasteiger partial charge in [-0.1, -0.05) is 0 Å². The van der Waals surface area contributed by atoms with E-state index in [1.165, 1.54) is 18.2 Å². The Kier molecular flexibility index (Phi) is 5.73. The maximum atomic E-state index is 12.9. The molecule has 5 nitrogen and oxygen atoms in total. The number of benzene rings is 1. The Morgan fingerprint density at radius 2 is 2.06 bits per heavy atom. The number of nitrogens with one attached hydrogen (secondary N) is 2. The summed E-state index contributed by atoms with van der Waals surface area (Å²) in [5, 5.41) is 13.2. The van der Waals surface area contributed by atoms with Crippen LogP contribution >= 0.6 is 15.9 Å². The molecule has 0 bridgehead atoms. The highest BCUT2D eigenvalue weighted by molar-refractivity contribution is 9.10. The van der Waals surface area contributed by atoms with E-state index in [1.54, 1.807) is 0 Å². The number of carbonyl (C=O) groups is 2. The first-order chi connectivity index (χ1) is 8.54. The van der Waals surface area contributed by atoms with Gasteiger partial charge in [-0.3, -0.25) is 9.59 Å². The number of halogens is 2. The van der Waals surface area contributed by atoms with Crippen molar-refractivity contribution in [2.24, 2.45) is 0 Å². The molecule has 0 aliphatic carbocycles. The SMILES string of the molecule is O=C(NCCCO)C(=O)Nc1ccc(F)c(Br)c1. The second kappa shape index (κ2) is 7.07. The fourth-order valence-corrected chi connectivity index (χ4v) is 1.50. The van der Waals surface area contributed by atoms with Gasteiger partial charge < -0.3 is 15.7 Å². The standard InChI is InChI=1S/C11H12BrFN2O3/c12-8-6-7(2-3-9(8)13)15-11(18)10(17)14-4-1-5-16/h2-3,6,16H,1,4-5H2,(H,14,17)(H,15,18). The van der Waals surface area contributed by atoms with Gasteiger partial charge in [0.15, 0.2) is 0 Å². The number of aliphatic hydroxyl groups excluding tert-OH is 1. The Hall–Kier alpha value is -1.47. The first kappa shape index (κ1) is 14.6. The number of aliphatic hydroxyl groups is 1. The van der Waals surface area contributed by atoms with Crippen molar-refractivity contribution in [1.82, 2.24) is 5.32 Å². The van der Waals surface area contributed by atoms with Gasteiger partial charge in [0.25, 0.3) is 0 Å². The van der Waals surface area contributed by atoms with E-state index in [-0.39, 0.29) is 17.6 Å². The minimum atomic E-state index is -0.841. The quantitative estimate of drug-likeness (QED) is 0.573. The molecule has 0 aliphatic rings. The molecule has 1 rings (SSSR count). The molecular weight excluding hydrogens is 307 g/mol. The van der Waals surface area contributed by atoms with E-state index in [9.17, 15) is 14.0 Å². The Labute approximate surface area is 112 Å². The fourth-order valence-electron chi connectivity index (χ4n) is 1.12. The molecule has 0 spiro atoms. The van der Waals surface area contributed by atoms with Crippen molar-refractivity contribution in [2.75, 3.05) is 18.5 Å². The molecule has 7 heteroatoms. The van der Waals surface area contributed by atoms with E-state index in [4.69, 9.17) is 5.11 Å². The topological polar surface area (TPSA) is 78.4 Å². The third-order valence-corrected chi connectivity index (χ3v) is 2.61. The van der Waals surface area contributed by atoms with Gasteiger partial charge in [0.1, 0.15) is 5.82 Å². The van der Waals surface area contributed by atoms with Gasteiger partial charge in [-0.15, -0.1) is 0 Å². The zero-order valence-corrected chi connectivity index (χ0v) is 11.0. The van der Waals surface area contributed by atoms with Crippen LogP contribution in [0.3, 0.4) is 0 Å². The Balaban J connectivity index is 2.53. The van der Waals surface area contributed by atoms with Gasteiger partial charge in [-0.2, -0.15) is 0 Å². The van der Waals surface area contributed by atoms with E-state index in [0.717, 1.165) is 0 Å². The Morgan fingerprint density at radius 3 is 2.67 bits per heavy atom. The highest BCUT2D eigenvalue weighted by Gasteiger charge is 2.13. The maximum Gasteiger partial charge on any atom is 0.313 e. The van der Waals surface area contributed by atoms with E-state index in [2.05, 4.69) is 26.6 Å². The molecule has 1 aromatic carbocycles. The summed E-state index contributed by atoms with van der Waals surface area (Å²) >= 11 is 2.97. The van der Waals surface area contributed by atoms with Crippen molar-refractivity contribution in [3.8, 4) is 0 Å². The molecule has 0 unspecified atom stereocenters. The van der Waals surface area contributed by atoms with Crippen LogP contribution in [0.25, 0.3) is 0 Å². The number of hydrogen-bond acceptors (Lipinski definition) is 3. The molecular formula is C11H12BrFN2O3. The Morgan fingerprint density at radius 1 is 1.33 bits per heavy atom. The normalized spacial score (nSPS) is 9.94. The van der Waals surface area contributed by atoms with E-state index < -0.39 is 17.6 Å². The molecule has 0 atom stereocenters. The van der Waals surface area contributed by atoms with Crippen LogP contribution in [0.2, 0.25) is 0 Å². The van der Waals surface area contributed by atoms with E-state index in [0.29, 0.717) is 12.1 Å². The van der Waals surface area contributed by atoms with Crippen LogP contribution in [-0.2, 0) is 9.59 Å². The molecule has 0 heterocycles. The number of rotatable bonds is 4. The summed E-state index contributed by atoms with van der Waals surface area (Å²) in [6.07, 6.45) is 0.376. The summed E-state index contributed by atoms with van der Waals surface area (Å²) in [6.45, 7) is 0.155. The minimum Gasteiger partial charge on any atom is -0.396 e. The lowest BCUT2D eigenvalue weighted by Crippen LogP contribution is -2.36. The zero-order chi connectivity index (χ0) is 13.5. The van der Waals surface area contributed by atoms with Gasteiger partial charge >= 0.3 is 11.8 Å². The molecule has 0 saturated carbocycles. The van der Waals surface area contributed by atoms with Crippen molar-refractivity contribution in [3.63, 3.8) is 0 Å². The fraction of sp³-hybridized carbons (Fsp3) is 0.273. The summed E-state index contributed by atoms with van der Waals surface area (Å²) < 4.78 is 13.1. The zero-order valence-electron chi connectivity index (χ0n) is 9.37. The summed E-state index contributed by atoms with van der Waals surface area (Å²) in [7, 11) is 0. The number of amides is 2. The van der Waals surface area contributed by atoms with Crippen LogP contribution in [0.5, 0.6) is 0 Å². The van der Waals surface area contributed by atoms with E-state index in [1.807, 2.05) is 0 Å². The number of carbonyl (C=O) groups excluding carboxylic acids is 2. The Bertz CT molecular complexity index is 454. The molecule has 0 aliphatic heterocycles. The van der Waals surface area contributed by atoms with Gasteiger partial charge in [0, 0.05) is 18.8 Å². The molecule has 1 aromatic rings. The van der Waals surface area contributed by atoms with Gasteiger partial charge in [0.05, 0.1) is 4.47 Å². The molecule has 0 radical (unpaired) electrons. The summed E-state index contributed by atoms with van der Waals surface area (Å²) in [5.74, 6) is -2.10. The summed E-state index contributed by atoms with van der Waals surface area (Å²) in [5.41, 5.74) is 0.311. The van der Waals surface area contributed by atoms with Crippen LogP contribution in [0.15, 0.2) is 22.7 Å².